The summed E-state index contributed by atoms with van der Waals surface area (Å²) in [5, 5.41) is 13.7. The molecule has 61 heavy (non-hydrogen) atoms. The van der Waals surface area contributed by atoms with Crippen LogP contribution in [0.4, 0.5) is 23.3 Å². The molecule has 11 nitrogen and oxygen atoms in total. The number of benzene rings is 6. The van der Waals surface area contributed by atoms with E-state index in [1.807, 2.05) is 177 Å². The molecule has 0 spiro atoms. The number of anilines is 4. The van der Waals surface area contributed by atoms with Gasteiger partial charge < -0.3 is 27.6 Å². The molecule has 0 saturated heterocycles. The highest BCUT2D eigenvalue weighted by atomic mass is 16.4. The Kier molecular flexibility index (Phi) is 22.0. The lowest BCUT2D eigenvalue weighted by atomic mass is 10.0. The maximum atomic E-state index is 12.5. The van der Waals surface area contributed by atoms with E-state index in [1.165, 1.54) is 0 Å². The van der Waals surface area contributed by atoms with Gasteiger partial charge in [0.15, 0.2) is 0 Å². The summed E-state index contributed by atoms with van der Waals surface area (Å²) < 4.78 is 0. The van der Waals surface area contributed by atoms with E-state index in [0.717, 1.165) is 55.4 Å². The van der Waals surface area contributed by atoms with E-state index in [1.54, 1.807) is 36.7 Å². The van der Waals surface area contributed by atoms with Gasteiger partial charge in [-0.15, -0.1) is 0 Å². The van der Waals surface area contributed by atoms with Gasteiger partial charge in [-0.2, -0.15) is 0 Å². The Morgan fingerprint density at radius 2 is 0.885 bits per heavy atom. The van der Waals surface area contributed by atoms with Crippen molar-refractivity contribution in [1.82, 2.24) is 19.9 Å². The zero-order chi connectivity index (χ0) is 45.2. The van der Waals surface area contributed by atoms with Crippen LogP contribution in [0.2, 0.25) is 0 Å². The Balaban J connectivity index is 0.000000323. The van der Waals surface area contributed by atoms with Gasteiger partial charge in [0.05, 0.1) is 16.6 Å². The minimum Gasteiger partial charge on any atom is -0.478 e. The molecule has 0 aliphatic carbocycles. The number of carboxylic acids is 1. The Labute approximate surface area is 359 Å². The fraction of sp³-hybridized carbons (Fsp3) is 0.160. The second-order valence-electron chi connectivity index (χ2n) is 11.7. The van der Waals surface area contributed by atoms with E-state index in [4.69, 9.17) is 22.3 Å². The summed E-state index contributed by atoms with van der Waals surface area (Å²) in [6.07, 6.45) is 3.36. The van der Waals surface area contributed by atoms with E-state index >= 15 is 0 Å². The highest BCUT2D eigenvalue weighted by Crippen LogP contribution is 2.26. The molecule has 0 radical (unpaired) electrons. The largest absolute Gasteiger partial charge is 0.478 e. The zero-order valence-corrected chi connectivity index (χ0v) is 36.3. The molecule has 0 unspecified atom stereocenters. The topological polar surface area (TPSA) is 196 Å². The van der Waals surface area contributed by atoms with Gasteiger partial charge in [0.25, 0.3) is 5.91 Å². The highest BCUT2D eigenvalue weighted by Gasteiger charge is 2.09. The van der Waals surface area contributed by atoms with Crippen LogP contribution in [-0.4, -0.2) is 36.9 Å². The first-order valence-corrected chi connectivity index (χ1v) is 20.4. The Hall–Kier alpha value is -7.66. The number of amides is 1. The fourth-order valence-corrected chi connectivity index (χ4v) is 5.30. The molecular formula is C50H58N8O3. The van der Waals surface area contributed by atoms with E-state index in [2.05, 4.69) is 25.3 Å². The average Bonchev–Trinajstić information content (AvgIpc) is 3.32. The predicted octanol–water partition coefficient (Wildman–Crippen LogP) is 12.1. The van der Waals surface area contributed by atoms with Crippen LogP contribution in [0.15, 0.2) is 158 Å². The van der Waals surface area contributed by atoms with Crippen molar-refractivity contribution in [2.75, 3.05) is 22.5 Å². The minimum absolute atomic E-state index is 0.144. The third kappa shape index (κ3) is 15.6. The van der Waals surface area contributed by atoms with E-state index < -0.39 is 5.97 Å². The number of nitrogens with zero attached hydrogens (tertiary/aromatic N) is 4. The van der Waals surface area contributed by atoms with Crippen molar-refractivity contribution in [2.45, 2.75) is 55.4 Å². The number of aromatic carboxylic acids is 1. The first kappa shape index (κ1) is 49.5. The van der Waals surface area contributed by atoms with Gasteiger partial charge in [0.2, 0.25) is 11.9 Å². The van der Waals surface area contributed by atoms with Crippen LogP contribution in [0.5, 0.6) is 0 Å². The van der Waals surface area contributed by atoms with Crippen LogP contribution >= 0.6 is 0 Å². The number of nitrogen functional groups attached to an aromatic ring is 3. The van der Waals surface area contributed by atoms with Gasteiger partial charge in [0, 0.05) is 40.1 Å². The minimum atomic E-state index is -0.941. The second kappa shape index (κ2) is 27.1. The SMILES string of the molecule is CC.CC.CC.CC.Nc1ccccc1.Nc1ncc2cc(-c3cccc(C(=O)Nc4ccccc4)c3)ccc2n1.Nc1ncc2cc(-c3cccc(C(=O)O)c3)ccc2n1. The molecule has 0 aliphatic rings. The molecule has 0 bridgehead atoms. The number of hydrogen-bond acceptors (Lipinski definition) is 9. The zero-order valence-electron chi connectivity index (χ0n) is 36.3. The third-order valence-corrected chi connectivity index (χ3v) is 7.93. The lowest BCUT2D eigenvalue weighted by Gasteiger charge is -2.08. The van der Waals surface area contributed by atoms with E-state index in [0.29, 0.717) is 5.56 Å². The number of carbonyl (C=O) groups excluding carboxylic acids is 1. The van der Waals surface area contributed by atoms with Crippen molar-refractivity contribution < 1.29 is 14.7 Å². The molecule has 8 rings (SSSR count). The van der Waals surface area contributed by atoms with Crippen LogP contribution in [0, 0.1) is 0 Å². The quantitative estimate of drug-likeness (QED) is 0.104. The number of nitrogens with one attached hydrogen (secondary N) is 1. The molecule has 0 atom stereocenters. The number of fused-ring (bicyclic) bond motifs is 2. The summed E-state index contributed by atoms with van der Waals surface area (Å²) in [7, 11) is 0. The number of para-hydroxylation sites is 2. The molecule has 11 heteroatoms. The van der Waals surface area contributed by atoms with Crippen LogP contribution in [0.1, 0.15) is 76.1 Å². The Morgan fingerprint density at radius 3 is 1.31 bits per heavy atom. The van der Waals surface area contributed by atoms with Crippen molar-refractivity contribution >= 4 is 57.0 Å². The lowest BCUT2D eigenvalue weighted by molar-refractivity contribution is 0.0696. The summed E-state index contributed by atoms with van der Waals surface area (Å²) in [5.41, 5.74) is 24.2. The standard InChI is InChI=1S/C21H16N4O.C15H11N3O2.C6H7N.4C2H6/c22-21-23-13-17-12-15(9-10-19(17)25-21)14-5-4-6-16(11-14)20(26)24-18-7-2-1-3-8-18;16-15-17-8-12-7-10(4-5-13(12)18-15)9-2-1-3-11(6-9)14(19)20;7-6-4-2-1-3-5-6;4*1-2/h1-13H,(H,24,26)(H2,22,23,25);1-8H,(H,19,20)(H2,16,17,18);1-5H,7H2;4*1-2H3. The lowest BCUT2D eigenvalue weighted by Crippen LogP contribution is -2.11. The van der Waals surface area contributed by atoms with Crippen molar-refractivity contribution in [3.05, 3.63) is 169 Å². The molecule has 0 saturated carbocycles. The average molecular weight is 819 g/mol. The molecule has 6 aromatic carbocycles. The van der Waals surface area contributed by atoms with Gasteiger partial charge in [0.1, 0.15) is 0 Å². The Morgan fingerprint density at radius 1 is 0.475 bits per heavy atom. The van der Waals surface area contributed by atoms with Crippen LogP contribution in [0.25, 0.3) is 44.1 Å². The molecular weight excluding hydrogens is 761 g/mol. The van der Waals surface area contributed by atoms with Crippen LogP contribution < -0.4 is 22.5 Å². The van der Waals surface area contributed by atoms with Crippen molar-refractivity contribution in [1.29, 1.82) is 0 Å². The van der Waals surface area contributed by atoms with Gasteiger partial charge in [-0.3, -0.25) is 4.79 Å². The Bertz CT molecular complexity index is 2530. The molecule has 316 valence electrons. The van der Waals surface area contributed by atoms with Gasteiger partial charge in [-0.1, -0.05) is 128 Å². The predicted molar refractivity (Wildman–Crippen MR) is 256 cm³/mol. The van der Waals surface area contributed by atoms with Gasteiger partial charge in [-0.25, -0.2) is 24.7 Å². The number of nitrogens with two attached hydrogens (primary N) is 3. The van der Waals surface area contributed by atoms with E-state index in [9.17, 15) is 9.59 Å². The maximum absolute atomic E-state index is 12.5. The smallest absolute Gasteiger partial charge is 0.335 e. The number of rotatable bonds is 5. The summed E-state index contributed by atoms with van der Waals surface area (Å²) in [6, 6.07) is 44.7. The molecule has 2 heterocycles. The van der Waals surface area contributed by atoms with Crippen LogP contribution in [0.3, 0.4) is 0 Å². The number of carboxylic acid groups (broad SMARTS) is 1. The summed E-state index contributed by atoms with van der Waals surface area (Å²) in [4.78, 5) is 39.8. The molecule has 2 aromatic heterocycles. The number of aromatic nitrogens is 4. The van der Waals surface area contributed by atoms with Crippen molar-refractivity contribution in [2.24, 2.45) is 0 Å². The van der Waals surface area contributed by atoms with Crippen molar-refractivity contribution in [3.8, 4) is 22.3 Å². The first-order chi connectivity index (χ1) is 29.7. The summed E-state index contributed by atoms with van der Waals surface area (Å²) >= 11 is 0. The first-order valence-electron chi connectivity index (χ1n) is 20.4. The number of carbonyl (C=O) groups is 2. The molecule has 0 fully saturated rings. The molecule has 8 N–H and O–H groups in total. The molecule has 0 aliphatic heterocycles. The number of hydrogen-bond donors (Lipinski definition) is 5. The third-order valence-electron chi connectivity index (χ3n) is 7.93. The van der Waals surface area contributed by atoms with E-state index in [-0.39, 0.29) is 23.4 Å². The van der Waals surface area contributed by atoms with Gasteiger partial charge >= 0.3 is 5.97 Å². The van der Waals surface area contributed by atoms with Crippen LogP contribution in [-0.2, 0) is 0 Å². The molecule has 1 amide bonds. The maximum Gasteiger partial charge on any atom is 0.335 e. The highest BCUT2D eigenvalue weighted by molar-refractivity contribution is 6.05. The second-order valence-corrected chi connectivity index (χ2v) is 11.7. The molecule has 8 aromatic rings. The van der Waals surface area contributed by atoms with Gasteiger partial charge in [-0.05, 0) is 95.1 Å². The summed E-state index contributed by atoms with van der Waals surface area (Å²) in [5.74, 6) is -0.596. The fourth-order valence-electron chi connectivity index (χ4n) is 5.30. The van der Waals surface area contributed by atoms with Crippen molar-refractivity contribution in [3.63, 3.8) is 0 Å². The normalized spacial score (nSPS) is 9.38. The monoisotopic (exact) mass is 818 g/mol. The summed E-state index contributed by atoms with van der Waals surface area (Å²) in [6.45, 7) is 16.0.